The molecule has 0 fully saturated rings. The van der Waals surface area contributed by atoms with Crippen molar-refractivity contribution >= 4 is 16.9 Å². The van der Waals surface area contributed by atoms with E-state index >= 15 is 0 Å². The highest BCUT2D eigenvalue weighted by atomic mass is 16.6. The van der Waals surface area contributed by atoms with Crippen LogP contribution in [0.4, 0.5) is 0 Å². The smallest absolute Gasteiger partial charge is 0.303 e. The lowest BCUT2D eigenvalue weighted by molar-refractivity contribution is -0.151. The van der Waals surface area contributed by atoms with Crippen LogP contribution >= 0.6 is 0 Å². The fourth-order valence-electron chi connectivity index (χ4n) is 4.25. The summed E-state index contributed by atoms with van der Waals surface area (Å²) in [5.74, 6) is 1.87. The number of benzene rings is 2. The molecule has 3 atom stereocenters. The summed E-state index contributed by atoms with van der Waals surface area (Å²) in [6, 6.07) is 9.27. The fraction of sp³-hybridized carbons (Fsp3) is 0.318. The number of furan rings is 1. The van der Waals surface area contributed by atoms with Crippen LogP contribution in [-0.2, 0) is 9.53 Å². The maximum atomic E-state index is 12.0. The summed E-state index contributed by atoms with van der Waals surface area (Å²) in [6.45, 7) is 1.73. The Hall–Kier alpha value is -3.35. The topological polar surface area (TPSA) is 76.4 Å². The van der Waals surface area contributed by atoms with Gasteiger partial charge in [0.2, 0.25) is 0 Å². The van der Waals surface area contributed by atoms with Crippen LogP contribution in [0.5, 0.6) is 23.0 Å². The third-order valence-electron chi connectivity index (χ3n) is 5.49. The van der Waals surface area contributed by atoms with Crippen LogP contribution in [0.1, 0.15) is 30.1 Å². The molecule has 2 aromatic carbocycles. The van der Waals surface area contributed by atoms with E-state index in [-0.39, 0.29) is 18.0 Å². The second kappa shape index (κ2) is 6.62. The Kier molecular flexibility index (Phi) is 4.04. The summed E-state index contributed by atoms with van der Waals surface area (Å²) >= 11 is 0. The van der Waals surface area contributed by atoms with Crippen LogP contribution < -0.4 is 18.9 Å². The van der Waals surface area contributed by atoms with Gasteiger partial charge < -0.3 is 28.1 Å². The number of methoxy groups -OCH3 is 2. The van der Waals surface area contributed by atoms with E-state index in [0.717, 1.165) is 16.5 Å². The van der Waals surface area contributed by atoms with Crippen molar-refractivity contribution in [2.24, 2.45) is 0 Å². The summed E-state index contributed by atoms with van der Waals surface area (Å²) in [6.07, 6.45) is 0.754. The van der Waals surface area contributed by atoms with E-state index in [9.17, 15) is 4.79 Å². The number of hydrogen-bond acceptors (Lipinski definition) is 7. The van der Waals surface area contributed by atoms with Gasteiger partial charge in [-0.1, -0.05) is 0 Å². The molecule has 0 radical (unpaired) electrons. The van der Waals surface area contributed by atoms with E-state index in [0.29, 0.717) is 35.2 Å². The molecule has 1 aromatic heterocycles. The summed E-state index contributed by atoms with van der Waals surface area (Å²) in [7, 11) is 3.16. The predicted octanol–water partition coefficient (Wildman–Crippen LogP) is 3.99. The first-order valence-corrected chi connectivity index (χ1v) is 9.33. The SMILES string of the molecule is COc1cc2c(cc1OC)[C@@H]1C(OC(C)=O)c3ccc4occc4c3O[C@@H]1CO2. The first kappa shape index (κ1) is 17.7. The lowest BCUT2D eigenvalue weighted by atomic mass is 9.80. The van der Waals surface area contributed by atoms with Crippen LogP contribution in [0.25, 0.3) is 11.0 Å². The molecule has 1 unspecified atom stereocenters. The Morgan fingerprint density at radius 1 is 1.07 bits per heavy atom. The van der Waals surface area contributed by atoms with Crippen molar-refractivity contribution in [3.8, 4) is 23.0 Å². The van der Waals surface area contributed by atoms with Crippen molar-refractivity contribution in [2.75, 3.05) is 20.8 Å². The minimum absolute atomic E-state index is 0.251. The first-order chi connectivity index (χ1) is 14.1. The van der Waals surface area contributed by atoms with E-state index in [1.54, 1.807) is 26.5 Å². The molecule has 0 aliphatic carbocycles. The molecule has 0 N–H and O–H groups in total. The second-order valence-electron chi connectivity index (χ2n) is 7.08. The van der Waals surface area contributed by atoms with Crippen molar-refractivity contribution in [3.05, 3.63) is 47.7 Å². The highest BCUT2D eigenvalue weighted by Crippen LogP contribution is 2.53. The normalized spacial score (nSPS) is 21.8. The molecule has 0 bridgehead atoms. The molecule has 3 aromatic rings. The molecular formula is C22H20O7. The third-order valence-corrected chi connectivity index (χ3v) is 5.49. The van der Waals surface area contributed by atoms with Gasteiger partial charge in [0.1, 0.15) is 35.9 Å². The number of fused-ring (bicyclic) bond motifs is 6. The number of carbonyl (C=O) groups excluding carboxylic acids is 1. The predicted molar refractivity (Wildman–Crippen MR) is 103 cm³/mol. The number of rotatable bonds is 3. The van der Waals surface area contributed by atoms with Gasteiger partial charge in [-0.3, -0.25) is 4.79 Å². The van der Waals surface area contributed by atoms with Gasteiger partial charge in [0, 0.05) is 24.1 Å². The molecule has 5 rings (SSSR count). The molecule has 0 spiro atoms. The zero-order valence-corrected chi connectivity index (χ0v) is 16.3. The summed E-state index contributed by atoms with van der Waals surface area (Å²) < 4.78 is 34.5. The average Bonchev–Trinajstić information content (AvgIpc) is 3.21. The Morgan fingerprint density at radius 3 is 2.62 bits per heavy atom. The molecule has 7 nitrogen and oxygen atoms in total. The van der Waals surface area contributed by atoms with E-state index in [1.165, 1.54) is 6.92 Å². The van der Waals surface area contributed by atoms with Gasteiger partial charge in [-0.15, -0.1) is 0 Å². The Bertz CT molecular complexity index is 1100. The Morgan fingerprint density at radius 2 is 1.86 bits per heavy atom. The third kappa shape index (κ3) is 2.68. The monoisotopic (exact) mass is 396 g/mol. The van der Waals surface area contributed by atoms with Gasteiger partial charge in [-0.05, 0) is 24.3 Å². The zero-order valence-electron chi connectivity index (χ0n) is 16.3. The minimum Gasteiger partial charge on any atom is -0.493 e. The van der Waals surface area contributed by atoms with Crippen molar-refractivity contribution in [2.45, 2.75) is 25.0 Å². The lowest BCUT2D eigenvalue weighted by Gasteiger charge is -2.42. The number of ether oxygens (including phenoxy) is 5. The standard InChI is InChI=1S/C22H20O7/c1-11(23)28-22-13-4-5-15-12(6-7-26-15)21(13)29-19-10-27-16-9-18(25-3)17(24-2)8-14(16)20(19)22/h4-9,19-20,22H,10H2,1-3H3/t19-,20+,22?/m1/s1. The molecule has 0 amide bonds. The van der Waals surface area contributed by atoms with E-state index < -0.39 is 6.10 Å². The maximum Gasteiger partial charge on any atom is 0.303 e. The van der Waals surface area contributed by atoms with Gasteiger partial charge in [0.05, 0.1) is 31.8 Å². The number of carbonyl (C=O) groups is 1. The van der Waals surface area contributed by atoms with Crippen molar-refractivity contribution in [1.82, 2.24) is 0 Å². The Labute approximate surface area is 167 Å². The van der Waals surface area contributed by atoms with Gasteiger partial charge in [-0.2, -0.15) is 0 Å². The summed E-state index contributed by atoms with van der Waals surface area (Å²) in [5, 5.41) is 0.844. The van der Waals surface area contributed by atoms with Crippen molar-refractivity contribution in [1.29, 1.82) is 0 Å². The number of hydrogen-bond donors (Lipinski definition) is 0. The van der Waals surface area contributed by atoms with Crippen LogP contribution in [0.2, 0.25) is 0 Å². The highest BCUT2D eigenvalue weighted by Gasteiger charge is 2.46. The lowest BCUT2D eigenvalue weighted by Crippen LogP contribution is -2.42. The van der Waals surface area contributed by atoms with Crippen molar-refractivity contribution in [3.63, 3.8) is 0 Å². The van der Waals surface area contributed by atoms with E-state index in [1.807, 2.05) is 24.3 Å². The Balaban J connectivity index is 1.70. The van der Waals surface area contributed by atoms with Gasteiger partial charge in [-0.25, -0.2) is 0 Å². The quantitative estimate of drug-likeness (QED) is 0.620. The van der Waals surface area contributed by atoms with E-state index in [2.05, 4.69) is 0 Å². The number of esters is 1. The molecule has 29 heavy (non-hydrogen) atoms. The van der Waals surface area contributed by atoms with Gasteiger partial charge in [0.15, 0.2) is 11.5 Å². The fourth-order valence-corrected chi connectivity index (χ4v) is 4.25. The van der Waals surface area contributed by atoms with Crippen LogP contribution in [0, 0.1) is 0 Å². The van der Waals surface area contributed by atoms with Crippen LogP contribution in [0.3, 0.4) is 0 Å². The zero-order chi connectivity index (χ0) is 20.1. The second-order valence-corrected chi connectivity index (χ2v) is 7.08. The summed E-state index contributed by atoms with van der Waals surface area (Å²) in [4.78, 5) is 12.0. The maximum absolute atomic E-state index is 12.0. The minimum atomic E-state index is -0.527. The van der Waals surface area contributed by atoms with Crippen LogP contribution in [-0.4, -0.2) is 32.9 Å². The average molecular weight is 396 g/mol. The van der Waals surface area contributed by atoms with Gasteiger partial charge >= 0.3 is 5.97 Å². The molecule has 3 heterocycles. The molecule has 2 aliphatic heterocycles. The van der Waals surface area contributed by atoms with Gasteiger partial charge in [0.25, 0.3) is 0 Å². The molecule has 0 saturated heterocycles. The molecular weight excluding hydrogens is 376 g/mol. The molecule has 150 valence electrons. The largest absolute Gasteiger partial charge is 0.493 e. The first-order valence-electron chi connectivity index (χ1n) is 9.33. The van der Waals surface area contributed by atoms with Crippen molar-refractivity contribution < 1.29 is 32.9 Å². The molecule has 2 aliphatic rings. The van der Waals surface area contributed by atoms with E-state index in [4.69, 9.17) is 28.1 Å². The highest BCUT2D eigenvalue weighted by molar-refractivity contribution is 5.86. The summed E-state index contributed by atoms with van der Waals surface area (Å²) in [5.41, 5.74) is 2.37. The van der Waals surface area contributed by atoms with Crippen LogP contribution in [0.15, 0.2) is 41.0 Å². The molecule has 0 saturated carbocycles. The molecule has 7 heteroatoms.